The maximum atomic E-state index is 12.9. The summed E-state index contributed by atoms with van der Waals surface area (Å²) in [5.41, 5.74) is 1.53. The monoisotopic (exact) mass is 605 g/mol. The average Bonchev–Trinajstić information content (AvgIpc) is 3.04. The van der Waals surface area contributed by atoms with Crippen molar-refractivity contribution < 1.29 is 19.1 Å². The van der Waals surface area contributed by atoms with Crippen LogP contribution in [0.3, 0.4) is 0 Å². The Hall–Kier alpha value is -2.39. The molecule has 2 amide bonds. The van der Waals surface area contributed by atoms with Crippen molar-refractivity contribution in [2.45, 2.75) is 6.54 Å². The maximum Gasteiger partial charge on any atom is 0.345 e. The Kier molecular flexibility index (Phi) is 7.38. The first-order chi connectivity index (χ1) is 15.8. The van der Waals surface area contributed by atoms with E-state index in [1.807, 2.05) is 24.3 Å². The van der Waals surface area contributed by atoms with Gasteiger partial charge in [0.2, 0.25) is 0 Å². The van der Waals surface area contributed by atoms with Crippen molar-refractivity contribution in [3.05, 3.63) is 102 Å². The number of esters is 1. The molecule has 0 unspecified atom stereocenters. The highest BCUT2D eigenvalue weighted by Crippen LogP contribution is 2.36. The van der Waals surface area contributed by atoms with Crippen LogP contribution in [0.5, 0.6) is 5.75 Å². The Labute approximate surface area is 216 Å². The van der Waals surface area contributed by atoms with E-state index >= 15 is 0 Å². The van der Waals surface area contributed by atoms with Gasteiger partial charge >= 0.3 is 5.97 Å². The van der Waals surface area contributed by atoms with Gasteiger partial charge in [-0.1, -0.05) is 67.7 Å². The van der Waals surface area contributed by atoms with Crippen LogP contribution in [0.2, 0.25) is 5.02 Å². The quantitative estimate of drug-likeness (QED) is 0.173. The van der Waals surface area contributed by atoms with Crippen LogP contribution in [0.1, 0.15) is 21.5 Å². The van der Waals surface area contributed by atoms with Crippen molar-refractivity contribution in [2.24, 2.45) is 0 Å². The molecular formula is C24H14Br2ClNO4S. The lowest BCUT2D eigenvalue weighted by Gasteiger charge is -2.12. The van der Waals surface area contributed by atoms with Gasteiger partial charge in [-0.15, -0.1) is 0 Å². The third-order valence-corrected chi connectivity index (χ3v) is 6.94. The Morgan fingerprint density at radius 3 is 2.42 bits per heavy atom. The molecule has 0 atom stereocenters. The lowest BCUT2D eigenvalue weighted by Crippen LogP contribution is -2.27. The number of hydrogen-bond acceptors (Lipinski definition) is 5. The molecule has 1 aliphatic rings. The fourth-order valence-electron chi connectivity index (χ4n) is 3.06. The molecule has 1 saturated heterocycles. The van der Waals surface area contributed by atoms with Crippen LogP contribution in [-0.4, -0.2) is 22.0 Å². The number of imide groups is 1. The molecule has 0 bridgehead atoms. The standard InChI is InChI=1S/C24H14Br2ClNO4S/c25-16-7-5-14(6-8-16)13-28-22(29)21(33-24(28)31)12-15-11-17(26)9-10-20(15)32-23(30)18-3-1-2-4-19(18)27/h1-12H,13H2/b21-12-. The minimum atomic E-state index is -0.624. The zero-order chi connectivity index (χ0) is 23.5. The Morgan fingerprint density at radius 1 is 1.00 bits per heavy atom. The molecule has 0 spiro atoms. The fraction of sp³-hybridized carbons (Fsp3) is 0.0417. The summed E-state index contributed by atoms with van der Waals surface area (Å²) in [6.07, 6.45) is 1.55. The summed E-state index contributed by atoms with van der Waals surface area (Å²) in [5, 5.41) is -0.0889. The van der Waals surface area contributed by atoms with Crippen LogP contribution in [0.15, 0.2) is 80.6 Å². The van der Waals surface area contributed by atoms with E-state index in [0.29, 0.717) is 5.56 Å². The predicted octanol–water partition coefficient (Wildman–Crippen LogP) is 7.32. The zero-order valence-electron chi connectivity index (χ0n) is 16.8. The van der Waals surface area contributed by atoms with Crippen LogP contribution in [0.4, 0.5) is 4.79 Å². The molecule has 0 N–H and O–H groups in total. The number of amides is 2. The van der Waals surface area contributed by atoms with Gasteiger partial charge in [-0.25, -0.2) is 4.79 Å². The minimum absolute atomic E-state index is 0.169. The van der Waals surface area contributed by atoms with Crippen LogP contribution in [0.25, 0.3) is 6.08 Å². The highest BCUT2D eigenvalue weighted by atomic mass is 79.9. The van der Waals surface area contributed by atoms with Gasteiger partial charge in [0.15, 0.2) is 0 Å². The molecule has 0 radical (unpaired) electrons. The molecule has 1 heterocycles. The van der Waals surface area contributed by atoms with E-state index in [1.54, 1.807) is 48.5 Å². The minimum Gasteiger partial charge on any atom is -0.422 e. The van der Waals surface area contributed by atoms with Crippen molar-refractivity contribution in [1.29, 1.82) is 0 Å². The molecule has 166 valence electrons. The van der Waals surface area contributed by atoms with Crippen molar-refractivity contribution in [3.8, 4) is 5.75 Å². The molecule has 0 aromatic heterocycles. The first kappa shape index (κ1) is 23.8. The van der Waals surface area contributed by atoms with E-state index in [4.69, 9.17) is 16.3 Å². The highest BCUT2D eigenvalue weighted by Gasteiger charge is 2.35. The number of benzene rings is 3. The first-order valence-corrected chi connectivity index (χ1v) is 12.4. The summed E-state index contributed by atoms with van der Waals surface area (Å²) >= 11 is 13.7. The smallest absolute Gasteiger partial charge is 0.345 e. The van der Waals surface area contributed by atoms with Crippen molar-refractivity contribution in [3.63, 3.8) is 0 Å². The summed E-state index contributed by atoms with van der Waals surface area (Å²) in [4.78, 5) is 39.5. The maximum absolute atomic E-state index is 12.9. The largest absolute Gasteiger partial charge is 0.422 e. The van der Waals surface area contributed by atoms with Gasteiger partial charge in [-0.3, -0.25) is 14.5 Å². The number of thioether (sulfide) groups is 1. The lowest BCUT2D eigenvalue weighted by molar-refractivity contribution is -0.123. The second-order valence-electron chi connectivity index (χ2n) is 6.95. The molecule has 3 aromatic rings. The van der Waals surface area contributed by atoms with Gasteiger partial charge in [0.05, 0.1) is 22.0 Å². The SMILES string of the molecule is O=C(Oc1ccc(Br)cc1/C=C1\SC(=O)N(Cc2ccc(Br)cc2)C1=O)c1ccccc1Cl. The lowest BCUT2D eigenvalue weighted by atomic mass is 10.1. The summed E-state index contributed by atoms with van der Waals surface area (Å²) in [5.74, 6) is -0.792. The van der Waals surface area contributed by atoms with Crippen LogP contribution in [0, 0.1) is 0 Å². The zero-order valence-corrected chi connectivity index (χ0v) is 21.5. The van der Waals surface area contributed by atoms with E-state index in [2.05, 4.69) is 31.9 Å². The molecule has 1 aliphatic heterocycles. The van der Waals surface area contributed by atoms with E-state index in [-0.39, 0.29) is 33.0 Å². The normalized spacial score (nSPS) is 14.8. The summed E-state index contributed by atoms with van der Waals surface area (Å²) in [6, 6.07) is 19.0. The molecule has 5 nitrogen and oxygen atoms in total. The van der Waals surface area contributed by atoms with Crippen LogP contribution >= 0.6 is 55.2 Å². The molecule has 0 aliphatic carbocycles. The summed E-state index contributed by atoms with van der Waals surface area (Å²) < 4.78 is 7.19. The predicted molar refractivity (Wildman–Crippen MR) is 136 cm³/mol. The van der Waals surface area contributed by atoms with Crippen LogP contribution in [-0.2, 0) is 11.3 Å². The van der Waals surface area contributed by atoms with Crippen molar-refractivity contribution in [1.82, 2.24) is 4.90 Å². The molecule has 3 aromatic carbocycles. The number of ether oxygens (including phenoxy) is 1. The Bertz CT molecular complexity index is 1290. The average molecular weight is 608 g/mol. The van der Waals surface area contributed by atoms with Gasteiger partial charge in [0.1, 0.15) is 5.75 Å². The second kappa shape index (κ2) is 10.3. The van der Waals surface area contributed by atoms with Crippen molar-refractivity contribution in [2.75, 3.05) is 0 Å². The number of rotatable bonds is 5. The van der Waals surface area contributed by atoms with E-state index < -0.39 is 11.9 Å². The molecule has 4 rings (SSSR count). The summed E-state index contributed by atoms with van der Waals surface area (Å²) in [6.45, 7) is 0.169. The van der Waals surface area contributed by atoms with Gasteiger partial charge in [-0.05, 0) is 65.9 Å². The number of carbonyl (C=O) groups excluding carboxylic acids is 3. The number of carbonyl (C=O) groups is 3. The summed E-state index contributed by atoms with van der Waals surface area (Å²) in [7, 11) is 0. The van der Waals surface area contributed by atoms with Gasteiger partial charge in [0.25, 0.3) is 11.1 Å². The third kappa shape index (κ3) is 5.58. The van der Waals surface area contributed by atoms with Gasteiger partial charge in [-0.2, -0.15) is 0 Å². The Morgan fingerprint density at radius 2 is 1.70 bits per heavy atom. The highest BCUT2D eigenvalue weighted by molar-refractivity contribution is 9.10. The number of hydrogen-bond donors (Lipinski definition) is 0. The van der Waals surface area contributed by atoms with E-state index in [1.165, 1.54) is 4.90 Å². The van der Waals surface area contributed by atoms with E-state index in [9.17, 15) is 14.4 Å². The van der Waals surface area contributed by atoms with E-state index in [0.717, 1.165) is 26.3 Å². The fourth-order valence-corrected chi connectivity index (χ4v) is 4.74. The topological polar surface area (TPSA) is 63.7 Å². The number of halogens is 3. The molecule has 0 saturated carbocycles. The first-order valence-electron chi connectivity index (χ1n) is 9.58. The molecule has 33 heavy (non-hydrogen) atoms. The molecule has 9 heteroatoms. The van der Waals surface area contributed by atoms with Crippen molar-refractivity contribution >= 4 is 78.4 Å². The Balaban J connectivity index is 1.59. The third-order valence-electron chi connectivity index (χ3n) is 4.68. The van der Waals surface area contributed by atoms with Gasteiger partial charge in [0, 0.05) is 14.5 Å². The van der Waals surface area contributed by atoms with Crippen LogP contribution < -0.4 is 4.74 Å². The number of nitrogens with zero attached hydrogens (tertiary/aromatic N) is 1. The molecular weight excluding hydrogens is 594 g/mol. The molecule has 1 fully saturated rings. The van der Waals surface area contributed by atoms with Gasteiger partial charge < -0.3 is 4.74 Å². The second-order valence-corrected chi connectivity index (χ2v) is 10.2.